The number of benzene rings is 2. The third-order valence-corrected chi connectivity index (χ3v) is 7.93. The molecule has 2 atom stereocenters. The molecular weight excluding hydrogens is 556 g/mol. The van der Waals surface area contributed by atoms with E-state index in [2.05, 4.69) is 31.6 Å². The molecule has 0 aliphatic carbocycles. The van der Waals surface area contributed by atoms with Crippen LogP contribution in [-0.4, -0.2) is 48.1 Å². The molecular formula is C30H28N6O5S. The van der Waals surface area contributed by atoms with Crippen LogP contribution in [0.15, 0.2) is 76.1 Å². The molecule has 2 unspecified atom stereocenters. The van der Waals surface area contributed by atoms with E-state index in [1.54, 1.807) is 56.4 Å². The number of aryl methyl sites for hydroxylation is 2. The van der Waals surface area contributed by atoms with E-state index < -0.39 is 27.5 Å². The molecule has 4 rings (SSSR count). The number of aromatic nitrogens is 3. The number of carboxylic acid groups (broad SMARTS) is 1. The number of nitrogens with one attached hydrogen (secondary N) is 1. The van der Waals surface area contributed by atoms with E-state index in [9.17, 15) is 23.7 Å². The van der Waals surface area contributed by atoms with E-state index in [1.807, 2.05) is 0 Å². The number of carbonyl (C=O) groups is 3. The summed E-state index contributed by atoms with van der Waals surface area (Å²) < 4.78 is 18.8. The van der Waals surface area contributed by atoms with Crippen LogP contribution in [0.25, 0.3) is 0 Å². The first-order valence-electron chi connectivity index (χ1n) is 12.6. The number of hydrogen-bond donors (Lipinski definition) is 3. The molecule has 214 valence electrons. The van der Waals surface area contributed by atoms with E-state index >= 15 is 0 Å². The number of nitrogens with zero attached hydrogens (tertiary/aromatic N) is 4. The van der Waals surface area contributed by atoms with Gasteiger partial charge in [0.1, 0.15) is 11.5 Å². The molecule has 12 heteroatoms. The minimum atomic E-state index is -3.21. The lowest BCUT2D eigenvalue weighted by Gasteiger charge is -2.10. The lowest BCUT2D eigenvalue weighted by atomic mass is 10.0. The van der Waals surface area contributed by atoms with Crippen LogP contribution in [0.3, 0.4) is 0 Å². The van der Waals surface area contributed by atoms with Crippen LogP contribution >= 0.6 is 0 Å². The minimum absolute atomic E-state index is 0.0330. The normalized spacial score (nSPS) is 12.8. The summed E-state index contributed by atoms with van der Waals surface area (Å²) in [6.07, 6.45) is 2.53. The molecule has 2 aromatic heterocycles. The molecule has 2 aromatic carbocycles. The summed E-state index contributed by atoms with van der Waals surface area (Å²) in [7, 11) is -1.52. The van der Waals surface area contributed by atoms with Gasteiger partial charge in [0.2, 0.25) is 0 Å². The molecule has 0 spiro atoms. The number of pyridine rings is 1. The monoisotopic (exact) mass is 584 g/mol. The van der Waals surface area contributed by atoms with Crippen molar-refractivity contribution in [3.63, 3.8) is 0 Å². The number of aliphatic carboxylic acids is 1. The fourth-order valence-corrected chi connectivity index (χ4v) is 5.16. The van der Waals surface area contributed by atoms with Gasteiger partial charge in [-0.05, 0) is 61.9 Å². The molecule has 2 heterocycles. The molecule has 4 N–H and O–H groups in total. The molecule has 4 aromatic rings. The van der Waals surface area contributed by atoms with Crippen molar-refractivity contribution in [2.24, 2.45) is 11.4 Å². The Hall–Kier alpha value is -5.28. The van der Waals surface area contributed by atoms with Gasteiger partial charge < -0.3 is 16.2 Å². The number of nitrogen functional groups attached to an aromatic ring is 1. The molecule has 42 heavy (non-hydrogen) atoms. The highest BCUT2D eigenvalue weighted by Crippen LogP contribution is 2.22. The standard InChI is InChI=1S/C30H28N6O5S/c1-18-13-26(36(3)34-18)29(38)33-24-9-5-7-20(14-24)11-12-22-15-23(17-32-27(22)31)28(37)35-42(4,41)25-10-6-8-21(16-25)19(2)30(39)40/h5-10,13-17,19H,1-4H3,(H2,31,32)(H,33,38)(H,39,40). The number of nitrogens with two attached hydrogens (primary N) is 1. The smallest absolute Gasteiger partial charge is 0.310 e. The topological polar surface area (TPSA) is 170 Å². The molecule has 11 nitrogen and oxygen atoms in total. The first kappa shape index (κ1) is 29.7. The number of carbonyl (C=O) groups excluding carboxylic acids is 2. The predicted molar refractivity (Wildman–Crippen MR) is 159 cm³/mol. The van der Waals surface area contributed by atoms with Crippen LogP contribution in [0.1, 0.15) is 56.1 Å². The summed E-state index contributed by atoms with van der Waals surface area (Å²) in [4.78, 5) is 41.2. The Labute approximate surface area is 243 Å². The predicted octanol–water partition coefficient (Wildman–Crippen LogP) is 3.84. The van der Waals surface area contributed by atoms with Gasteiger partial charge >= 0.3 is 5.97 Å². The summed E-state index contributed by atoms with van der Waals surface area (Å²) in [5.74, 6) is 2.98. The van der Waals surface area contributed by atoms with Gasteiger partial charge in [0, 0.05) is 35.6 Å². The largest absolute Gasteiger partial charge is 0.481 e. The van der Waals surface area contributed by atoms with Crippen LogP contribution in [0, 0.1) is 18.8 Å². The summed E-state index contributed by atoms with van der Waals surface area (Å²) in [5, 5.41) is 16.3. The lowest BCUT2D eigenvalue weighted by Crippen LogP contribution is -2.16. The zero-order valence-electron chi connectivity index (χ0n) is 23.3. The number of hydrogen-bond acceptors (Lipinski definition) is 7. The van der Waals surface area contributed by atoms with Gasteiger partial charge in [0.15, 0.2) is 0 Å². The Morgan fingerprint density at radius 3 is 2.52 bits per heavy atom. The maximum Gasteiger partial charge on any atom is 0.310 e. The Bertz CT molecular complexity index is 1910. The van der Waals surface area contributed by atoms with Gasteiger partial charge in [-0.1, -0.05) is 30.0 Å². The number of amides is 2. The molecule has 0 saturated heterocycles. The van der Waals surface area contributed by atoms with E-state index in [1.165, 1.54) is 42.3 Å². The second-order valence-corrected chi connectivity index (χ2v) is 11.8. The average Bonchev–Trinajstić information content (AvgIpc) is 3.29. The SMILES string of the molecule is Cc1cc(C(=O)Nc2cccc(C#Cc3cc(C(=O)N=S(C)(=O)c4cccc(C(C)C(=O)O)c4)cnc3N)c2)n(C)n1. The van der Waals surface area contributed by atoms with Crippen LogP contribution in [-0.2, 0) is 21.6 Å². The van der Waals surface area contributed by atoms with E-state index in [0.717, 1.165) is 5.69 Å². The van der Waals surface area contributed by atoms with Crippen LogP contribution in [0.5, 0.6) is 0 Å². The second kappa shape index (κ2) is 12.1. The van der Waals surface area contributed by atoms with E-state index in [0.29, 0.717) is 22.5 Å². The lowest BCUT2D eigenvalue weighted by molar-refractivity contribution is -0.138. The second-order valence-electron chi connectivity index (χ2n) is 9.57. The average molecular weight is 585 g/mol. The van der Waals surface area contributed by atoms with E-state index in [-0.39, 0.29) is 27.7 Å². The van der Waals surface area contributed by atoms with Crippen molar-refractivity contribution in [3.05, 3.63) is 101 Å². The number of rotatable bonds is 6. The van der Waals surface area contributed by atoms with Crippen molar-refractivity contribution in [2.45, 2.75) is 24.7 Å². The van der Waals surface area contributed by atoms with Crippen molar-refractivity contribution < 1.29 is 23.7 Å². The summed E-state index contributed by atoms with van der Waals surface area (Å²) in [6, 6.07) is 16.2. The quantitative estimate of drug-likeness (QED) is 0.287. The van der Waals surface area contributed by atoms with Gasteiger partial charge in [-0.3, -0.25) is 19.1 Å². The highest BCUT2D eigenvalue weighted by atomic mass is 32.2. The van der Waals surface area contributed by atoms with Crippen LogP contribution in [0.4, 0.5) is 11.5 Å². The maximum atomic E-state index is 13.4. The zero-order chi connectivity index (χ0) is 30.6. The summed E-state index contributed by atoms with van der Waals surface area (Å²) in [6.45, 7) is 3.31. The summed E-state index contributed by atoms with van der Waals surface area (Å²) in [5.41, 5.74) is 8.96. The number of anilines is 2. The van der Waals surface area contributed by atoms with Crippen molar-refractivity contribution in [1.82, 2.24) is 14.8 Å². The van der Waals surface area contributed by atoms with Gasteiger partial charge in [0.25, 0.3) is 11.8 Å². The Morgan fingerprint density at radius 1 is 1.10 bits per heavy atom. The Morgan fingerprint density at radius 2 is 1.83 bits per heavy atom. The molecule has 2 amide bonds. The molecule has 0 bridgehead atoms. The minimum Gasteiger partial charge on any atom is -0.481 e. The van der Waals surface area contributed by atoms with E-state index in [4.69, 9.17) is 5.73 Å². The maximum absolute atomic E-state index is 13.4. The van der Waals surface area contributed by atoms with Crippen molar-refractivity contribution in [2.75, 3.05) is 17.3 Å². The van der Waals surface area contributed by atoms with Gasteiger partial charge in [0.05, 0.1) is 32.5 Å². The highest BCUT2D eigenvalue weighted by molar-refractivity contribution is 7.93. The van der Waals surface area contributed by atoms with Crippen molar-refractivity contribution in [3.8, 4) is 11.8 Å². The Kier molecular flexibility index (Phi) is 8.54. The third kappa shape index (κ3) is 6.89. The van der Waals surface area contributed by atoms with Crippen LogP contribution in [0.2, 0.25) is 0 Å². The fourth-order valence-electron chi connectivity index (χ4n) is 3.95. The number of carboxylic acids is 1. The first-order valence-corrected chi connectivity index (χ1v) is 14.6. The zero-order valence-corrected chi connectivity index (χ0v) is 24.1. The van der Waals surface area contributed by atoms with Gasteiger partial charge in [-0.15, -0.1) is 0 Å². The van der Waals surface area contributed by atoms with Crippen LogP contribution < -0.4 is 11.1 Å². The molecule has 0 aliphatic heterocycles. The Balaban J connectivity index is 1.57. The van der Waals surface area contributed by atoms with Crippen molar-refractivity contribution >= 4 is 39.0 Å². The molecule has 0 aliphatic rings. The van der Waals surface area contributed by atoms with Gasteiger partial charge in [-0.25, -0.2) is 9.19 Å². The first-order chi connectivity index (χ1) is 19.8. The van der Waals surface area contributed by atoms with Gasteiger partial charge in [-0.2, -0.15) is 9.46 Å². The summed E-state index contributed by atoms with van der Waals surface area (Å²) >= 11 is 0. The molecule has 0 saturated carbocycles. The highest BCUT2D eigenvalue weighted by Gasteiger charge is 2.18. The molecule has 0 radical (unpaired) electrons. The van der Waals surface area contributed by atoms with Crippen molar-refractivity contribution in [1.29, 1.82) is 0 Å². The fraction of sp³-hybridized carbons (Fsp3) is 0.167. The molecule has 0 fully saturated rings. The third-order valence-electron chi connectivity index (χ3n) is 6.28.